The molecule has 1 aliphatic heterocycles. The third-order valence-electron chi connectivity index (χ3n) is 3.46. The molecular formula is C15H28N2O3. The fourth-order valence-corrected chi connectivity index (χ4v) is 2.48. The number of hydrogen-bond acceptors (Lipinski definition) is 3. The number of carbonyl (C=O) groups excluding carboxylic acids is 2. The van der Waals surface area contributed by atoms with Crippen molar-refractivity contribution in [1.82, 2.24) is 10.2 Å². The summed E-state index contributed by atoms with van der Waals surface area (Å²) >= 11 is 0. The molecule has 0 saturated carbocycles. The van der Waals surface area contributed by atoms with Crippen LogP contribution in [0.4, 0.5) is 0 Å². The van der Waals surface area contributed by atoms with Gasteiger partial charge in [0.25, 0.3) is 0 Å². The average Bonchev–Trinajstić information content (AvgIpc) is 2.44. The van der Waals surface area contributed by atoms with E-state index < -0.39 is 6.04 Å². The van der Waals surface area contributed by atoms with E-state index in [1.807, 2.05) is 6.92 Å². The molecule has 2 amide bonds. The van der Waals surface area contributed by atoms with E-state index in [4.69, 9.17) is 4.74 Å². The number of ether oxygens (including phenoxy) is 1. The SMILES string of the molecule is CCCOCCN1C(=O)C(CC(C)C)NC(=O)CC1C. The van der Waals surface area contributed by atoms with Crippen LogP contribution in [0.15, 0.2) is 0 Å². The molecule has 1 heterocycles. The zero-order valence-corrected chi connectivity index (χ0v) is 13.1. The van der Waals surface area contributed by atoms with Crippen molar-refractivity contribution < 1.29 is 14.3 Å². The minimum atomic E-state index is -0.390. The van der Waals surface area contributed by atoms with Crippen molar-refractivity contribution in [3.63, 3.8) is 0 Å². The standard InChI is InChI=1S/C15H28N2O3/c1-5-7-20-8-6-17-12(4)10-14(18)16-13(15(17)19)9-11(2)3/h11-13H,5-10H2,1-4H3,(H,16,18). The highest BCUT2D eigenvalue weighted by Gasteiger charge is 2.33. The molecule has 0 spiro atoms. The summed E-state index contributed by atoms with van der Waals surface area (Å²) in [6, 6.07) is -0.455. The monoisotopic (exact) mass is 284 g/mol. The molecule has 1 aliphatic rings. The van der Waals surface area contributed by atoms with E-state index in [0.717, 1.165) is 6.42 Å². The second kappa shape index (κ2) is 8.25. The van der Waals surface area contributed by atoms with Crippen LogP contribution in [-0.4, -0.2) is 48.6 Å². The minimum absolute atomic E-state index is 0.0251. The Morgan fingerprint density at radius 2 is 2.05 bits per heavy atom. The van der Waals surface area contributed by atoms with E-state index in [1.54, 1.807) is 4.90 Å². The molecule has 1 rings (SSSR count). The van der Waals surface area contributed by atoms with Crippen LogP contribution in [0.2, 0.25) is 0 Å². The first-order valence-corrected chi connectivity index (χ1v) is 7.63. The molecule has 2 unspecified atom stereocenters. The van der Waals surface area contributed by atoms with Crippen molar-refractivity contribution in [3.05, 3.63) is 0 Å². The van der Waals surface area contributed by atoms with Crippen LogP contribution in [0.3, 0.4) is 0 Å². The molecular weight excluding hydrogens is 256 g/mol. The Balaban J connectivity index is 2.67. The summed E-state index contributed by atoms with van der Waals surface area (Å²) in [6.45, 7) is 9.90. The molecule has 0 bridgehead atoms. The lowest BCUT2D eigenvalue weighted by molar-refractivity contribution is -0.136. The van der Waals surface area contributed by atoms with Gasteiger partial charge in [-0.2, -0.15) is 0 Å². The van der Waals surface area contributed by atoms with Gasteiger partial charge in [0.2, 0.25) is 11.8 Å². The largest absolute Gasteiger partial charge is 0.380 e. The second-order valence-corrected chi connectivity index (χ2v) is 5.95. The molecule has 5 heteroatoms. The van der Waals surface area contributed by atoms with Crippen LogP contribution >= 0.6 is 0 Å². The zero-order chi connectivity index (χ0) is 15.1. The molecule has 20 heavy (non-hydrogen) atoms. The van der Waals surface area contributed by atoms with Gasteiger partial charge in [-0.05, 0) is 25.7 Å². The van der Waals surface area contributed by atoms with Gasteiger partial charge in [-0.1, -0.05) is 20.8 Å². The fraction of sp³-hybridized carbons (Fsp3) is 0.867. The molecule has 0 aliphatic carbocycles. The number of nitrogens with zero attached hydrogens (tertiary/aromatic N) is 1. The average molecular weight is 284 g/mol. The number of nitrogens with one attached hydrogen (secondary N) is 1. The third-order valence-corrected chi connectivity index (χ3v) is 3.46. The van der Waals surface area contributed by atoms with Crippen LogP contribution in [0, 0.1) is 5.92 Å². The van der Waals surface area contributed by atoms with Gasteiger partial charge in [-0.25, -0.2) is 0 Å². The van der Waals surface area contributed by atoms with Gasteiger partial charge in [0.05, 0.1) is 6.61 Å². The Morgan fingerprint density at radius 3 is 2.65 bits per heavy atom. The number of hydrogen-bond donors (Lipinski definition) is 1. The van der Waals surface area contributed by atoms with Crippen molar-refractivity contribution >= 4 is 11.8 Å². The van der Waals surface area contributed by atoms with Gasteiger partial charge >= 0.3 is 0 Å². The molecule has 0 radical (unpaired) electrons. The lowest BCUT2D eigenvalue weighted by atomic mass is 10.0. The lowest BCUT2D eigenvalue weighted by Gasteiger charge is -2.29. The summed E-state index contributed by atoms with van der Waals surface area (Å²) in [5, 5.41) is 2.85. The molecule has 5 nitrogen and oxygen atoms in total. The summed E-state index contributed by atoms with van der Waals surface area (Å²) in [7, 11) is 0. The Morgan fingerprint density at radius 1 is 1.35 bits per heavy atom. The highest BCUT2D eigenvalue weighted by atomic mass is 16.5. The first kappa shape index (κ1) is 17.0. The Labute approximate surface area is 122 Å². The van der Waals surface area contributed by atoms with Gasteiger partial charge < -0.3 is 15.0 Å². The van der Waals surface area contributed by atoms with E-state index in [0.29, 0.717) is 38.5 Å². The molecule has 2 atom stereocenters. The molecule has 1 saturated heterocycles. The highest BCUT2D eigenvalue weighted by Crippen LogP contribution is 2.15. The maximum absolute atomic E-state index is 12.6. The molecule has 1 fully saturated rings. The topological polar surface area (TPSA) is 58.6 Å². The normalized spacial score (nSPS) is 23.9. The van der Waals surface area contributed by atoms with Crippen LogP contribution in [-0.2, 0) is 14.3 Å². The van der Waals surface area contributed by atoms with E-state index in [-0.39, 0.29) is 17.9 Å². The number of rotatable bonds is 7. The van der Waals surface area contributed by atoms with Crippen LogP contribution < -0.4 is 5.32 Å². The Hall–Kier alpha value is -1.10. The van der Waals surface area contributed by atoms with E-state index >= 15 is 0 Å². The van der Waals surface area contributed by atoms with Crippen molar-refractivity contribution in [2.45, 2.75) is 59.0 Å². The van der Waals surface area contributed by atoms with Crippen LogP contribution in [0.5, 0.6) is 0 Å². The van der Waals surface area contributed by atoms with Crippen molar-refractivity contribution in [2.24, 2.45) is 5.92 Å². The quantitative estimate of drug-likeness (QED) is 0.722. The summed E-state index contributed by atoms with van der Waals surface area (Å²) in [6.07, 6.45) is 2.03. The first-order chi connectivity index (χ1) is 9.45. The predicted molar refractivity (Wildman–Crippen MR) is 78.3 cm³/mol. The lowest BCUT2D eigenvalue weighted by Crippen LogP contribution is -2.48. The minimum Gasteiger partial charge on any atom is -0.380 e. The summed E-state index contributed by atoms with van der Waals surface area (Å²) in [5.74, 6) is 0.362. The smallest absolute Gasteiger partial charge is 0.245 e. The maximum Gasteiger partial charge on any atom is 0.245 e. The first-order valence-electron chi connectivity index (χ1n) is 7.63. The molecule has 0 aromatic carbocycles. The van der Waals surface area contributed by atoms with E-state index in [9.17, 15) is 9.59 Å². The Kier molecular flexibility index (Phi) is 6.99. The van der Waals surface area contributed by atoms with Crippen molar-refractivity contribution in [1.29, 1.82) is 0 Å². The predicted octanol–water partition coefficient (Wildman–Crippen LogP) is 1.56. The van der Waals surface area contributed by atoms with Crippen molar-refractivity contribution in [3.8, 4) is 0 Å². The van der Waals surface area contributed by atoms with Gasteiger partial charge in [-0.3, -0.25) is 9.59 Å². The maximum atomic E-state index is 12.6. The molecule has 0 aromatic rings. The van der Waals surface area contributed by atoms with Crippen LogP contribution in [0.1, 0.15) is 47.0 Å². The molecule has 1 N–H and O–H groups in total. The summed E-state index contributed by atoms with van der Waals surface area (Å²) in [5.41, 5.74) is 0. The number of amides is 2. The van der Waals surface area contributed by atoms with Crippen LogP contribution in [0.25, 0.3) is 0 Å². The highest BCUT2D eigenvalue weighted by molar-refractivity contribution is 5.90. The zero-order valence-electron chi connectivity index (χ0n) is 13.1. The van der Waals surface area contributed by atoms with Gasteiger partial charge in [-0.15, -0.1) is 0 Å². The van der Waals surface area contributed by atoms with Gasteiger partial charge in [0, 0.05) is 25.6 Å². The number of carbonyl (C=O) groups is 2. The summed E-state index contributed by atoms with van der Waals surface area (Å²) < 4.78 is 5.47. The summed E-state index contributed by atoms with van der Waals surface area (Å²) in [4.78, 5) is 26.2. The van der Waals surface area contributed by atoms with Gasteiger partial charge in [0.1, 0.15) is 6.04 Å². The van der Waals surface area contributed by atoms with Crippen molar-refractivity contribution in [2.75, 3.05) is 19.8 Å². The van der Waals surface area contributed by atoms with Gasteiger partial charge in [0.15, 0.2) is 0 Å². The molecule has 0 aromatic heterocycles. The second-order valence-electron chi connectivity index (χ2n) is 5.95. The fourth-order valence-electron chi connectivity index (χ4n) is 2.48. The third kappa shape index (κ3) is 5.12. The Bertz CT molecular complexity index is 331. The van der Waals surface area contributed by atoms with E-state index in [1.165, 1.54) is 0 Å². The molecule has 116 valence electrons. The van der Waals surface area contributed by atoms with E-state index in [2.05, 4.69) is 26.1 Å².